The standard InChI is InChI=1S/C20H17FN6O2/c1-29-19-11(21)4-2-5-13(19)26-17-15-12(7-8-22-20(15)28)25-18(17)16-14-6-3-9-27(14)24-10-23-16/h2-6,9-10,25-26H,7-8H2,1H3,(H,22,28). The predicted molar refractivity (Wildman–Crippen MR) is 105 cm³/mol. The maximum Gasteiger partial charge on any atom is 0.255 e. The number of aromatic nitrogens is 4. The fourth-order valence-corrected chi connectivity index (χ4v) is 3.69. The van der Waals surface area contributed by atoms with Gasteiger partial charge in [-0.2, -0.15) is 5.10 Å². The van der Waals surface area contributed by atoms with Crippen LogP contribution in [0.25, 0.3) is 16.9 Å². The molecule has 0 aliphatic carbocycles. The fourth-order valence-electron chi connectivity index (χ4n) is 3.69. The maximum absolute atomic E-state index is 14.2. The van der Waals surface area contributed by atoms with Crippen LogP contribution in [0, 0.1) is 5.82 Å². The summed E-state index contributed by atoms with van der Waals surface area (Å²) in [5.74, 6) is -0.629. The second kappa shape index (κ2) is 6.62. The molecule has 0 unspecified atom stereocenters. The fraction of sp³-hybridized carbons (Fsp3) is 0.150. The van der Waals surface area contributed by atoms with Crippen LogP contribution < -0.4 is 15.4 Å². The van der Waals surface area contributed by atoms with Crippen molar-refractivity contribution in [1.82, 2.24) is 24.9 Å². The Kier molecular flexibility index (Phi) is 3.94. The van der Waals surface area contributed by atoms with Crippen molar-refractivity contribution in [3.63, 3.8) is 0 Å². The van der Waals surface area contributed by atoms with Gasteiger partial charge in [0.1, 0.15) is 12.0 Å². The van der Waals surface area contributed by atoms with Crippen molar-refractivity contribution in [2.45, 2.75) is 6.42 Å². The van der Waals surface area contributed by atoms with Crippen molar-refractivity contribution < 1.29 is 13.9 Å². The van der Waals surface area contributed by atoms with E-state index in [1.807, 2.05) is 18.3 Å². The number of anilines is 2. The topological polar surface area (TPSA) is 96.3 Å². The van der Waals surface area contributed by atoms with E-state index >= 15 is 0 Å². The van der Waals surface area contributed by atoms with Gasteiger partial charge in [0.05, 0.1) is 35.3 Å². The van der Waals surface area contributed by atoms with Crippen LogP contribution in [-0.4, -0.2) is 39.1 Å². The minimum atomic E-state index is -0.496. The largest absolute Gasteiger partial charge is 0.492 e. The summed E-state index contributed by atoms with van der Waals surface area (Å²) in [6.07, 6.45) is 3.92. The maximum atomic E-state index is 14.2. The van der Waals surface area contributed by atoms with Gasteiger partial charge in [-0.3, -0.25) is 4.79 Å². The molecule has 4 heterocycles. The first-order valence-electron chi connectivity index (χ1n) is 9.08. The molecule has 5 rings (SSSR count). The third kappa shape index (κ3) is 2.70. The van der Waals surface area contributed by atoms with Gasteiger partial charge in [0.15, 0.2) is 11.6 Å². The van der Waals surface area contributed by atoms with Crippen LogP contribution in [-0.2, 0) is 6.42 Å². The van der Waals surface area contributed by atoms with Crippen LogP contribution >= 0.6 is 0 Å². The van der Waals surface area contributed by atoms with E-state index in [1.54, 1.807) is 16.6 Å². The number of nitrogens with one attached hydrogen (secondary N) is 3. The highest BCUT2D eigenvalue weighted by Crippen LogP contribution is 2.39. The Morgan fingerprint density at radius 2 is 2.17 bits per heavy atom. The van der Waals surface area contributed by atoms with Crippen molar-refractivity contribution in [2.75, 3.05) is 19.0 Å². The normalized spacial score (nSPS) is 13.2. The molecule has 4 aromatic rings. The number of nitrogens with zero attached hydrogens (tertiary/aromatic N) is 3. The third-order valence-electron chi connectivity index (χ3n) is 4.97. The number of para-hydroxylation sites is 1. The molecular formula is C20H17FN6O2. The predicted octanol–water partition coefficient (Wildman–Crippen LogP) is 2.90. The van der Waals surface area contributed by atoms with Gasteiger partial charge in [0, 0.05) is 24.9 Å². The molecule has 1 aliphatic rings. The minimum absolute atomic E-state index is 0.0696. The highest BCUT2D eigenvalue weighted by Gasteiger charge is 2.29. The molecule has 1 aliphatic heterocycles. The average Bonchev–Trinajstić information content (AvgIpc) is 3.34. The number of rotatable bonds is 4. The number of methoxy groups -OCH3 is 1. The third-order valence-corrected chi connectivity index (χ3v) is 4.97. The summed E-state index contributed by atoms with van der Waals surface area (Å²) in [4.78, 5) is 20.4. The molecule has 0 saturated heterocycles. The molecule has 0 bridgehead atoms. The van der Waals surface area contributed by atoms with E-state index in [1.165, 1.54) is 19.5 Å². The summed E-state index contributed by atoms with van der Waals surface area (Å²) in [7, 11) is 1.40. The zero-order chi connectivity index (χ0) is 20.0. The first-order chi connectivity index (χ1) is 14.2. The van der Waals surface area contributed by atoms with E-state index in [2.05, 4.69) is 25.7 Å². The molecule has 29 heavy (non-hydrogen) atoms. The molecule has 1 amide bonds. The number of benzene rings is 1. The molecule has 9 heteroatoms. The van der Waals surface area contributed by atoms with Gasteiger partial charge in [-0.05, 0) is 24.3 Å². The Bertz CT molecular complexity index is 1250. The van der Waals surface area contributed by atoms with Gasteiger partial charge in [0.2, 0.25) is 0 Å². The lowest BCUT2D eigenvalue weighted by Crippen LogP contribution is -2.31. The number of aromatic amines is 1. The van der Waals surface area contributed by atoms with Gasteiger partial charge >= 0.3 is 0 Å². The summed E-state index contributed by atoms with van der Waals surface area (Å²) in [6.45, 7) is 0.541. The first-order valence-corrected chi connectivity index (χ1v) is 9.08. The summed E-state index contributed by atoms with van der Waals surface area (Å²) >= 11 is 0. The Balaban J connectivity index is 1.74. The monoisotopic (exact) mass is 392 g/mol. The molecule has 3 N–H and O–H groups in total. The number of hydrogen-bond donors (Lipinski definition) is 3. The number of ether oxygens (including phenoxy) is 1. The molecule has 8 nitrogen and oxygen atoms in total. The lowest BCUT2D eigenvalue weighted by atomic mass is 10.1. The number of H-pyrrole nitrogens is 1. The zero-order valence-electron chi connectivity index (χ0n) is 15.5. The van der Waals surface area contributed by atoms with Gasteiger partial charge < -0.3 is 20.4 Å². The van der Waals surface area contributed by atoms with Crippen LogP contribution in [0.2, 0.25) is 0 Å². The Morgan fingerprint density at radius 3 is 3.03 bits per heavy atom. The molecule has 0 fully saturated rings. The van der Waals surface area contributed by atoms with Gasteiger partial charge in [0.25, 0.3) is 5.91 Å². The summed E-state index contributed by atoms with van der Waals surface area (Å²) in [6, 6.07) is 8.35. The van der Waals surface area contributed by atoms with E-state index in [0.717, 1.165) is 11.2 Å². The van der Waals surface area contributed by atoms with Crippen molar-refractivity contribution in [1.29, 1.82) is 0 Å². The van der Waals surface area contributed by atoms with E-state index in [9.17, 15) is 9.18 Å². The van der Waals surface area contributed by atoms with Crippen molar-refractivity contribution in [3.8, 4) is 17.1 Å². The number of carbonyl (C=O) groups excluding carboxylic acids is 1. The van der Waals surface area contributed by atoms with Gasteiger partial charge in [-0.15, -0.1) is 0 Å². The molecule has 0 radical (unpaired) electrons. The van der Waals surface area contributed by atoms with Crippen LogP contribution in [0.4, 0.5) is 15.8 Å². The van der Waals surface area contributed by atoms with Gasteiger partial charge in [-0.1, -0.05) is 6.07 Å². The Labute approximate surface area is 164 Å². The number of carbonyl (C=O) groups is 1. The lowest BCUT2D eigenvalue weighted by molar-refractivity contribution is 0.0947. The number of amides is 1. The number of fused-ring (bicyclic) bond motifs is 2. The first kappa shape index (κ1) is 17.2. The minimum Gasteiger partial charge on any atom is -0.492 e. The Hall–Kier alpha value is -3.88. The van der Waals surface area contributed by atoms with E-state index in [-0.39, 0.29) is 11.7 Å². The summed E-state index contributed by atoms with van der Waals surface area (Å²) in [5, 5.41) is 10.3. The molecule has 1 aromatic carbocycles. The molecule has 0 spiro atoms. The SMILES string of the molecule is COc1c(F)cccc1Nc1c(-c2ncnn3cccc23)[nH]c2c1C(=O)NCC2. The van der Waals surface area contributed by atoms with Crippen LogP contribution in [0.3, 0.4) is 0 Å². The number of hydrogen-bond acceptors (Lipinski definition) is 5. The van der Waals surface area contributed by atoms with Crippen LogP contribution in [0.5, 0.6) is 5.75 Å². The molecule has 0 atom stereocenters. The highest BCUT2D eigenvalue weighted by atomic mass is 19.1. The Morgan fingerprint density at radius 1 is 1.28 bits per heavy atom. The smallest absolute Gasteiger partial charge is 0.255 e. The quantitative estimate of drug-likeness (QED) is 0.496. The summed E-state index contributed by atoms with van der Waals surface area (Å²) < 4.78 is 21.1. The lowest BCUT2D eigenvalue weighted by Gasteiger charge is -2.16. The second-order valence-electron chi connectivity index (χ2n) is 6.63. The van der Waals surface area contributed by atoms with Gasteiger partial charge in [-0.25, -0.2) is 13.9 Å². The number of halogens is 1. The van der Waals surface area contributed by atoms with E-state index in [4.69, 9.17) is 4.74 Å². The van der Waals surface area contributed by atoms with Crippen LogP contribution in [0.15, 0.2) is 42.9 Å². The summed E-state index contributed by atoms with van der Waals surface area (Å²) in [5.41, 5.74) is 4.25. The molecule has 0 saturated carbocycles. The van der Waals surface area contributed by atoms with E-state index < -0.39 is 5.82 Å². The zero-order valence-corrected chi connectivity index (χ0v) is 15.5. The molecule has 3 aromatic heterocycles. The van der Waals surface area contributed by atoms with Crippen molar-refractivity contribution >= 4 is 22.8 Å². The van der Waals surface area contributed by atoms with Crippen molar-refractivity contribution in [2.24, 2.45) is 0 Å². The van der Waals surface area contributed by atoms with Crippen LogP contribution in [0.1, 0.15) is 16.1 Å². The second-order valence-corrected chi connectivity index (χ2v) is 6.63. The van der Waals surface area contributed by atoms with Crippen molar-refractivity contribution in [3.05, 3.63) is 59.9 Å². The highest BCUT2D eigenvalue weighted by molar-refractivity contribution is 6.07. The van der Waals surface area contributed by atoms with E-state index in [0.29, 0.717) is 41.3 Å². The average molecular weight is 392 g/mol. The molecule has 146 valence electrons. The molecular weight excluding hydrogens is 375 g/mol.